The zero-order valence-corrected chi connectivity index (χ0v) is 12.7. The summed E-state index contributed by atoms with van der Waals surface area (Å²) in [6.45, 7) is 4.22. The van der Waals surface area contributed by atoms with E-state index in [1.807, 2.05) is 35.2 Å². The van der Waals surface area contributed by atoms with E-state index in [4.69, 9.17) is 9.47 Å². The monoisotopic (exact) mass is 289 g/mol. The van der Waals surface area contributed by atoms with Crippen molar-refractivity contribution in [2.45, 2.75) is 19.8 Å². The van der Waals surface area contributed by atoms with Crippen LogP contribution in [0.4, 0.5) is 0 Å². The van der Waals surface area contributed by atoms with E-state index in [0.717, 1.165) is 43.2 Å². The molecule has 1 fully saturated rings. The molecule has 1 aromatic carbocycles. The van der Waals surface area contributed by atoms with Gasteiger partial charge >= 0.3 is 0 Å². The summed E-state index contributed by atoms with van der Waals surface area (Å²) in [5, 5.41) is 0. The fourth-order valence-electron chi connectivity index (χ4n) is 2.30. The number of amides is 1. The summed E-state index contributed by atoms with van der Waals surface area (Å²) in [4.78, 5) is 14.0. The molecule has 1 aromatic rings. The molecule has 4 heteroatoms. The Labute approximate surface area is 126 Å². The largest absolute Gasteiger partial charge is 0.468 e. The fourth-order valence-corrected chi connectivity index (χ4v) is 2.30. The lowest BCUT2D eigenvalue weighted by Crippen LogP contribution is -2.36. The van der Waals surface area contributed by atoms with Crippen molar-refractivity contribution >= 4 is 12.0 Å². The normalized spacial score (nSPS) is 16.4. The maximum atomic E-state index is 12.1. The molecule has 1 amide bonds. The van der Waals surface area contributed by atoms with Crippen LogP contribution in [0.15, 0.2) is 30.3 Å². The zero-order chi connectivity index (χ0) is 15.1. The number of nitrogens with zero attached hydrogens (tertiary/aromatic N) is 1. The van der Waals surface area contributed by atoms with Gasteiger partial charge in [-0.25, -0.2) is 0 Å². The lowest BCUT2D eigenvalue weighted by Gasteiger charge is -2.29. The predicted octanol–water partition coefficient (Wildman–Crippen LogP) is 2.94. The Bertz CT molecular complexity index is 473. The SMILES string of the molecule is COCOc1ccc(/C=C/C(=O)N2CCC(C)CC2)cc1. The first kappa shape index (κ1) is 15.6. The molecule has 2 rings (SSSR count). The van der Waals surface area contributed by atoms with Gasteiger partial charge in [0.15, 0.2) is 6.79 Å². The molecule has 0 spiro atoms. The van der Waals surface area contributed by atoms with E-state index in [0.29, 0.717) is 0 Å². The van der Waals surface area contributed by atoms with Crippen LogP contribution in [0, 0.1) is 5.92 Å². The van der Waals surface area contributed by atoms with E-state index in [1.54, 1.807) is 13.2 Å². The van der Waals surface area contributed by atoms with Crippen molar-refractivity contribution in [1.82, 2.24) is 4.90 Å². The van der Waals surface area contributed by atoms with Crippen LogP contribution in [0.3, 0.4) is 0 Å². The van der Waals surface area contributed by atoms with Gasteiger partial charge < -0.3 is 14.4 Å². The number of carbonyl (C=O) groups excluding carboxylic acids is 1. The molecule has 114 valence electrons. The lowest BCUT2D eigenvalue weighted by molar-refractivity contribution is -0.127. The van der Waals surface area contributed by atoms with E-state index < -0.39 is 0 Å². The molecular formula is C17H23NO3. The first-order valence-electron chi connectivity index (χ1n) is 7.38. The van der Waals surface area contributed by atoms with Gasteiger partial charge in [-0.1, -0.05) is 19.1 Å². The van der Waals surface area contributed by atoms with Crippen LogP contribution < -0.4 is 4.74 Å². The molecule has 0 N–H and O–H groups in total. The van der Waals surface area contributed by atoms with Crippen LogP contribution in [0.1, 0.15) is 25.3 Å². The van der Waals surface area contributed by atoms with E-state index in [2.05, 4.69) is 6.92 Å². The number of likely N-dealkylation sites (tertiary alicyclic amines) is 1. The molecule has 0 saturated carbocycles. The third kappa shape index (κ3) is 4.90. The lowest BCUT2D eigenvalue weighted by atomic mass is 9.99. The Morgan fingerprint density at radius 3 is 2.57 bits per heavy atom. The third-order valence-electron chi connectivity index (χ3n) is 3.74. The summed E-state index contributed by atoms with van der Waals surface area (Å²) < 4.78 is 10.2. The van der Waals surface area contributed by atoms with Crippen LogP contribution in [0.25, 0.3) is 6.08 Å². The minimum Gasteiger partial charge on any atom is -0.468 e. The molecule has 1 aliphatic rings. The Kier molecular flexibility index (Phi) is 5.81. The number of benzene rings is 1. The molecule has 1 aliphatic heterocycles. The number of piperidine rings is 1. The average molecular weight is 289 g/mol. The first-order chi connectivity index (χ1) is 10.2. The summed E-state index contributed by atoms with van der Waals surface area (Å²) in [5.74, 6) is 1.59. The standard InChI is InChI=1S/C17H23NO3/c1-14-9-11-18(12-10-14)17(19)8-5-15-3-6-16(7-4-15)21-13-20-2/h3-8,14H,9-13H2,1-2H3/b8-5+. The number of rotatable bonds is 5. The number of hydrogen-bond donors (Lipinski definition) is 0. The number of methoxy groups -OCH3 is 1. The molecule has 0 bridgehead atoms. The second kappa shape index (κ2) is 7.84. The van der Waals surface area contributed by atoms with Gasteiger partial charge in [-0.3, -0.25) is 4.79 Å². The summed E-state index contributed by atoms with van der Waals surface area (Å²) >= 11 is 0. The molecule has 21 heavy (non-hydrogen) atoms. The Morgan fingerprint density at radius 2 is 1.95 bits per heavy atom. The Morgan fingerprint density at radius 1 is 1.29 bits per heavy atom. The molecule has 4 nitrogen and oxygen atoms in total. The number of hydrogen-bond acceptors (Lipinski definition) is 3. The molecule has 1 heterocycles. The van der Waals surface area contributed by atoms with Crippen molar-refractivity contribution in [2.24, 2.45) is 5.92 Å². The van der Waals surface area contributed by atoms with Crippen LogP contribution in [-0.4, -0.2) is 37.8 Å². The highest BCUT2D eigenvalue weighted by atomic mass is 16.7. The third-order valence-corrected chi connectivity index (χ3v) is 3.74. The highest BCUT2D eigenvalue weighted by molar-refractivity contribution is 5.91. The Balaban J connectivity index is 1.86. The van der Waals surface area contributed by atoms with Crippen molar-refractivity contribution in [3.8, 4) is 5.75 Å². The number of ether oxygens (including phenoxy) is 2. The van der Waals surface area contributed by atoms with Crippen LogP contribution in [0.2, 0.25) is 0 Å². The average Bonchev–Trinajstić information content (AvgIpc) is 2.52. The molecule has 1 saturated heterocycles. The quantitative estimate of drug-likeness (QED) is 0.618. The topological polar surface area (TPSA) is 38.8 Å². The fraction of sp³-hybridized carbons (Fsp3) is 0.471. The van der Waals surface area contributed by atoms with Crippen molar-refractivity contribution in [3.05, 3.63) is 35.9 Å². The van der Waals surface area contributed by atoms with Crippen LogP contribution >= 0.6 is 0 Å². The van der Waals surface area contributed by atoms with E-state index >= 15 is 0 Å². The molecular weight excluding hydrogens is 266 g/mol. The second-order valence-corrected chi connectivity index (χ2v) is 5.46. The van der Waals surface area contributed by atoms with Gasteiger partial charge in [0.05, 0.1) is 0 Å². The van der Waals surface area contributed by atoms with Crippen molar-refractivity contribution < 1.29 is 14.3 Å². The smallest absolute Gasteiger partial charge is 0.246 e. The first-order valence-corrected chi connectivity index (χ1v) is 7.38. The van der Waals surface area contributed by atoms with Crippen molar-refractivity contribution in [2.75, 3.05) is 27.0 Å². The maximum Gasteiger partial charge on any atom is 0.246 e. The molecule has 0 aromatic heterocycles. The van der Waals surface area contributed by atoms with Gasteiger partial charge in [-0.05, 0) is 42.5 Å². The molecule has 0 radical (unpaired) electrons. The van der Waals surface area contributed by atoms with E-state index in [9.17, 15) is 4.79 Å². The van der Waals surface area contributed by atoms with E-state index in [-0.39, 0.29) is 12.7 Å². The van der Waals surface area contributed by atoms with E-state index in [1.165, 1.54) is 0 Å². The zero-order valence-electron chi connectivity index (χ0n) is 12.7. The Hall–Kier alpha value is -1.81. The van der Waals surface area contributed by atoms with Crippen molar-refractivity contribution in [1.29, 1.82) is 0 Å². The minimum atomic E-state index is 0.0987. The van der Waals surface area contributed by atoms with Gasteiger partial charge in [-0.2, -0.15) is 0 Å². The van der Waals surface area contributed by atoms with Gasteiger partial charge in [0.2, 0.25) is 5.91 Å². The molecule has 0 atom stereocenters. The number of carbonyl (C=O) groups is 1. The van der Waals surface area contributed by atoms with Crippen LogP contribution in [-0.2, 0) is 9.53 Å². The maximum absolute atomic E-state index is 12.1. The highest BCUT2D eigenvalue weighted by Gasteiger charge is 2.18. The molecule has 0 unspecified atom stereocenters. The van der Waals surface area contributed by atoms with Crippen LogP contribution in [0.5, 0.6) is 5.75 Å². The van der Waals surface area contributed by atoms with Gasteiger partial charge in [0, 0.05) is 26.3 Å². The summed E-state index contributed by atoms with van der Waals surface area (Å²) in [6, 6.07) is 7.58. The predicted molar refractivity (Wildman–Crippen MR) is 83.0 cm³/mol. The molecule has 0 aliphatic carbocycles. The van der Waals surface area contributed by atoms with Crippen molar-refractivity contribution in [3.63, 3.8) is 0 Å². The van der Waals surface area contributed by atoms with Gasteiger partial charge in [0.25, 0.3) is 0 Å². The second-order valence-electron chi connectivity index (χ2n) is 5.46. The summed E-state index contributed by atoms with van der Waals surface area (Å²) in [7, 11) is 1.59. The highest BCUT2D eigenvalue weighted by Crippen LogP contribution is 2.17. The minimum absolute atomic E-state index is 0.0987. The summed E-state index contributed by atoms with van der Waals surface area (Å²) in [6.07, 6.45) is 5.71. The van der Waals surface area contributed by atoms with Gasteiger partial charge in [-0.15, -0.1) is 0 Å². The van der Waals surface area contributed by atoms with Gasteiger partial charge in [0.1, 0.15) is 5.75 Å². The summed E-state index contributed by atoms with van der Waals surface area (Å²) in [5.41, 5.74) is 0.985.